The number of β-lactam (4-membered cyclic amide) rings is 1. The van der Waals surface area contributed by atoms with Gasteiger partial charge in [-0.25, -0.2) is 9.59 Å². The maximum atomic E-state index is 12.9. The van der Waals surface area contributed by atoms with E-state index in [2.05, 4.69) is 15.7 Å². The Morgan fingerprint density at radius 3 is 2.80 bits per heavy atom. The zero-order valence-corrected chi connectivity index (χ0v) is 20.7. The second kappa shape index (κ2) is 10.3. The standard InChI is InChI=1S/C19H17ClN6O6S3/c20-10-3-4-11(24-26(10)32)34-6-8-7-35-17-13(16(28)25(17)14(8)18(29)30)22-15(27)12(23-19(21)31)9-2-1-5-33-9/h1-5,12-13,17H,6-7H2,(H,22,27)(H,29,30)(H3,21,23,31)/t12?,13-,17?/m0/s1. The summed E-state index contributed by atoms with van der Waals surface area (Å²) in [7, 11) is 0. The van der Waals surface area contributed by atoms with Crippen molar-refractivity contribution < 1.29 is 29.1 Å². The smallest absolute Gasteiger partial charge is 0.352 e. The van der Waals surface area contributed by atoms with Crippen LogP contribution < -0.4 is 21.2 Å². The maximum Gasteiger partial charge on any atom is 0.352 e. The number of fused-ring (bicyclic) bond motifs is 1. The molecule has 1 saturated heterocycles. The number of nitrogens with zero attached hydrogens (tertiary/aromatic N) is 3. The van der Waals surface area contributed by atoms with Crippen molar-refractivity contribution in [2.24, 2.45) is 5.73 Å². The molecule has 16 heteroatoms. The van der Waals surface area contributed by atoms with E-state index in [9.17, 15) is 29.5 Å². The van der Waals surface area contributed by atoms with Crippen LogP contribution in [0.4, 0.5) is 4.79 Å². The highest BCUT2D eigenvalue weighted by Gasteiger charge is 2.54. The predicted octanol–water partition coefficient (Wildman–Crippen LogP) is 0.670. The first-order chi connectivity index (χ1) is 16.7. The second-order valence-corrected chi connectivity index (χ2v) is 10.7. The van der Waals surface area contributed by atoms with E-state index in [1.165, 1.54) is 35.2 Å². The minimum absolute atomic E-state index is 0.0949. The molecule has 2 aromatic heterocycles. The van der Waals surface area contributed by atoms with Crippen molar-refractivity contribution in [1.82, 2.24) is 20.6 Å². The van der Waals surface area contributed by atoms with Gasteiger partial charge < -0.3 is 26.7 Å². The number of carboxylic acid groups (broad SMARTS) is 1. The van der Waals surface area contributed by atoms with Gasteiger partial charge in [-0.15, -0.1) is 23.1 Å². The van der Waals surface area contributed by atoms with E-state index in [0.29, 0.717) is 15.5 Å². The average molecular weight is 557 g/mol. The van der Waals surface area contributed by atoms with Crippen molar-refractivity contribution in [2.75, 3.05) is 11.5 Å². The molecule has 4 amide bonds. The van der Waals surface area contributed by atoms with E-state index < -0.39 is 41.3 Å². The molecule has 12 nitrogen and oxygen atoms in total. The zero-order valence-electron chi connectivity index (χ0n) is 17.5. The number of halogens is 1. The number of nitrogens with two attached hydrogens (primary N) is 1. The number of rotatable bonds is 8. The number of thioether (sulfide) groups is 2. The number of amides is 4. The summed E-state index contributed by atoms with van der Waals surface area (Å²) in [6.45, 7) is 0. The minimum atomic E-state index is -1.28. The highest BCUT2D eigenvalue weighted by Crippen LogP contribution is 2.41. The number of aliphatic carboxylic acids is 1. The molecule has 35 heavy (non-hydrogen) atoms. The summed E-state index contributed by atoms with van der Waals surface area (Å²) >= 11 is 9.33. The number of carbonyl (C=O) groups excluding carboxylic acids is 3. The fourth-order valence-corrected chi connectivity index (χ4v) is 6.71. The van der Waals surface area contributed by atoms with Gasteiger partial charge >= 0.3 is 17.2 Å². The first-order valence-electron chi connectivity index (χ1n) is 9.86. The lowest BCUT2D eigenvalue weighted by molar-refractivity contribution is -0.670. The topological polar surface area (TPSA) is 182 Å². The van der Waals surface area contributed by atoms with Crippen molar-refractivity contribution in [1.29, 1.82) is 0 Å². The van der Waals surface area contributed by atoms with Crippen LogP contribution in [0.15, 0.2) is 45.9 Å². The molecule has 2 aliphatic rings. The summed E-state index contributed by atoms with van der Waals surface area (Å²) < 4.78 is 0. The monoisotopic (exact) mass is 556 g/mol. The lowest BCUT2D eigenvalue weighted by Gasteiger charge is -2.49. The highest BCUT2D eigenvalue weighted by molar-refractivity contribution is 8.01. The first-order valence-corrected chi connectivity index (χ1v) is 13.2. The number of carboxylic acids is 1. The number of hydrogen-bond acceptors (Lipinski definition) is 9. The quantitative estimate of drug-likeness (QED) is 0.157. The van der Waals surface area contributed by atoms with Crippen molar-refractivity contribution in [2.45, 2.75) is 22.5 Å². The van der Waals surface area contributed by atoms with Gasteiger partial charge in [-0.05, 0) is 39.5 Å². The molecule has 4 rings (SSSR count). The number of primary amides is 1. The zero-order chi connectivity index (χ0) is 25.3. The molecule has 0 radical (unpaired) electrons. The molecule has 0 saturated carbocycles. The third-order valence-electron chi connectivity index (χ3n) is 5.05. The second-order valence-electron chi connectivity index (χ2n) is 7.27. The van der Waals surface area contributed by atoms with Crippen LogP contribution in [0.2, 0.25) is 5.15 Å². The van der Waals surface area contributed by atoms with Crippen LogP contribution in [-0.2, 0) is 14.4 Å². The molecule has 3 atom stereocenters. The molecule has 2 aliphatic heterocycles. The summed E-state index contributed by atoms with van der Waals surface area (Å²) in [4.78, 5) is 51.1. The van der Waals surface area contributed by atoms with E-state index in [0.717, 1.165) is 16.7 Å². The SMILES string of the molecule is NC(=O)NC(C(=O)N[C@H]1C(=O)N2C(C(=O)O)=C(CSc3ccc(Cl)[n+]([O-])n3)CSC12)c1cccs1. The number of aromatic nitrogens is 2. The number of urea groups is 1. The molecular weight excluding hydrogens is 540 g/mol. The van der Waals surface area contributed by atoms with E-state index in [1.54, 1.807) is 17.5 Å². The largest absolute Gasteiger partial charge is 0.593 e. The lowest BCUT2D eigenvalue weighted by atomic mass is 10.0. The van der Waals surface area contributed by atoms with Gasteiger partial charge in [0.1, 0.15) is 23.2 Å². The van der Waals surface area contributed by atoms with Crippen LogP contribution in [0, 0.1) is 5.21 Å². The number of carbonyl (C=O) groups is 4. The van der Waals surface area contributed by atoms with Crippen molar-refractivity contribution in [3.05, 3.63) is 56.2 Å². The minimum Gasteiger partial charge on any atom is -0.593 e. The van der Waals surface area contributed by atoms with Gasteiger partial charge in [-0.3, -0.25) is 14.5 Å². The van der Waals surface area contributed by atoms with Crippen LogP contribution in [0.25, 0.3) is 0 Å². The van der Waals surface area contributed by atoms with Gasteiger partial charge in [0.25, 0.3) is 5.91 Å². The van der Waals surface area contributed by atoms with Gasteiger partial charge in [0, 0.05) is 27.5 Å². The Kier molecular flexibility index (Phi) is 7.39. The number of nitrogens with one attached hydrogen (secondary N) is 2. The molecule has 0 spiro atoms. The van der Waals surface area contributed by atoms with Crippen molar-refractivity contribution in [3.8, 4) is 0 Å². The summed E-state index contributed by atoms with van der Waals surface area (Å²) in [6.07, 6.45) is 0. The normalized spacial score (nSPS) is 20.0. The Labute approximate surface area is 215 Å². The third-order valence-corrected chi connectivity index (χ3v) is 8.61. The molecule has 0 aliphatic carbocycles. The van der Waals surface area contributed by atoms with Gasteiger partial charge in [0.05, 0.1) is 0 Å². The average Bonchev–Trinajstić information content (AvgIpc) is 3.35. The molecule has 0 bridgehead atoms. The summed E-state index contributed by atoms with van der Waals surface area (Å²) in [5, 5.41) is 31.4. The van der Waals surface area contributed by atoms with Gasteiger partial charge in [0.2, 0.25) is 5.91 Å². The van der Waals surface area contributed by atoms with E-state index in [1.807, 2.05) is 0 Å². The van der Waals surface area contributed by atoms with E-state index in [4.69, 9.17) is 17.3 Å². The highest BCUT2D eigenvalue weighted by atomic mass is 35.5. The predicted molar refractivity (Wildman–Crippen MR) is 128 cm³/mol. The Morgan fingerprint density at radius 2 is 2.17 bits per heavy atom. The first kappa shape index (κ1) is 25.1. The molecular formula is C19H17ClN6O6S3. The summed E-state index contributed by atoms with van der Waals surface area (Å²) in [6, 6.07) is 3.31. The number of thiophene rings is 1. The molecule has 4 heterocycles. The molecule has 0 aromatic carbocycles. The maximum absolute atomic E-state index is 12.9. The molecule has 184 valence electrons. The summed E-state index contributed by atoms with van der Waals surface area (Å²) in [5.41, 5.74) is 5.51. The molecule has 2 aromatic rings. The van der Waals surface area contributed by atoms with Crippen molar-refractivity contribution in [3.63, 3.8) is 0 Å². The van der Waals surface area contributed by atoms with Crippen LogP contribution >= 0.6 is 46.5 Å². The van der Waals surface area contributed by atoms with Crippen LogP contribution in [0.1, 0.15) is 10.9 Å². The third kappa shape index (κ3) is 5.17. The fourth-order valence-electron chi connectivity index (χ4n) is 3.51. The van der Waals surface area contributed by atoms with Crippen LogP contribution in [0.5, 0.6) is 0 Å². The van der Waals surface area contributed by atoms with Gasteiger partial charge in [-0.1, -0.05) is 17.8 Å². The Balaban J connectivity index is 1.48. The Morgan fingerprint density at radius 1 is 1.40 bits per heavy atom. The van der Waals surface area contributed by atoms with Crippen LogP contribution in [0.3, 0.4) is 0 Å². The Hall–Kier alpha value is -3.01. The molecule has 5 N–H and O–H groups in total. The van der Waals surface area contributed by atoms with Crippen molar-refractivity contribution >= 4 is 70.3 Å². The summed E-state index contributed by atoms with van der Waals surface area (Å²) in [5.74, 6) is -2.03. The fraction of sp³-hybridized carbons (Fsp3) is 0.263. The Bertz CT molecular complexity index is 1230. The lowest BCUT2D eigenvalue weighted by Crippen LogP contribution is -2.71. The molecule has 2 unspecified atom stereocenters. The number of hydrogen-bond donors (Lipinski definition) is 4. The van der Waals surface area contributed by atoms with Gasteiger partial charge in [-0.2, -0.15) is 0 Å². The van der Waals surface area contributed by atoms with E-state index in [-0.39, 0.29) is 27.2 Å². The molecule has 1 fully saturated rings. The van der Waals surface area contributed by atoms with Gasteiger partial charge in [0.15, 0.2) is 5.03 Å². The van der Waals surface area contributed by atoms with E-state index >= 15 is 0 Å². The van der Waals surface area contributed by atoms with Crippen LogP contribution in [-0.4, -0.2) is 61.8 Å².